The number of anilines is 2. The Balaban J connectivity index is 2.04. The van der Waals surface area contributed by atoms with Gasteiger partial charge in [0.05, 0.1) is 11.7 Å². The second-order valence-electron chi connectivity index (χ2n) is 5.03. The zero-order valence-electron chi connectivity index (χ0n) is 11.9. The first-order valence-corrected chi connectivity index (χ1v) is 7.24. The lowest BCUT2D eigenvalue weighted by Crippen LogP contribution is -2.28. The Bertz CT molecular complexity index is 456. The molecule has 5 heteroatoms. The highest BCUT2D eigenvalue weighted by Gasteiger charge is 2.16. The molecule has 1 unspecified atom stereocenters. The van der Waals surface area contributed by atoms with Gasteiger partial charge in [-0.2, -0.15) is 0 Å². The topological polar surface area (TPSA) is 76.4 Å². The van der Waals surface area contributed by atoms with Crippen LogP contribution in [0.3, 0.4) is 0 Å². The molecule has 1 saturated heterocycles. The van der Waals surface area contributed by atoms with Gasteiger partial charge in [0.1, 0.15) is 0 Å². The SMILES string of the molecule is CCNC(=O)c1ccc(N)cc1NCC1CCCCO1. The maximum atomic E-state index is 12.0. The average molecular weight is 277 g/mol. The third kappa shape index (κ3) is 3.87. The third-order valence-electron chi connectivity index (χ3n) is 3.42. The molecular formula is C15H23N3O2. The molecule has 1 fully saturated rings. The van der Waals surface area contributed by atoms with E-state index >= 15 is 0 Å². The Hall–Kier alpha value is -1.75. The summed E-state index contributed by atoms with van der Waals surface area (Å²) < 4.78 is 5.68. The second-order valence-corrected chi connectivity index (χ2v) is 5.03. The van der Waals surface area contributed by atoms with E-state index in [0.29, 0.717) is 24.3 Å². The van der Waals surface area contributed by atoms with Crippen LogP contribution in [-0.4, -0.2) is 31.7 Å². The fraction of sp³-hybridized carbons (Fsp3) is 0.533. The van der Waals surface area contributed by atoms with Crippen LogP contribution in [0.2, 0.25) is 0 Å². The first-order chi connectivity index (χ1) is 9.70. The molecule has 2 rings (SSSR count). The van der Waals surface area contributed by atoms with Crippen LogP contribution in [0.15, 0.2) is 18.2 Å². The van der Waals surface area contributed by atoms with Gasteiger partial charge in [-0.15, -0.1) is 0 Å². The maximum absolute atomic E-state index is 12.0. The summed E-state index contributed by atoms with van der Waals surface area (Å²) in [6.45, 7) is 4.04. The maximum Gasteiger partial charge on any atom is 0.253 e. The van der Waals surface area contributed by atoms with Gasteiger partial charge in [0.25, 0.3) is 5.91 Å². The van der Waals surface area contributed by atoms with E-state index < -0.39 is 0 Å². The molecular weight excluding hydrogens is 254 g/mol. The zero-order valence-corrected chi connectivity index (χ0v) is 11.9. The second kappa shape index (κ2) is 7.14. The number of nitrogens with one attached hydrogen (secondary N) is 2. The van der Waals surface area contributed by atoms with Gasteiger partial charge in [0.2, 0.25) is 0 Å². The molecule has 20 heavy (non-hydrogen) atoms. The predicted octanol–water partition coefficient (Wildman–Crippen LogP) is 2.00. The van der Waals surface area contributed by atoms with Crippen molar-refractivity contribution in [3.63, 3.8) is 0 Å². The highest BCUT2D eigenvalue weighted by Crippen LogP contribution is 2.21. The Labute approximate surface area is 119 Å². The van der Waals surface area contributed by atoms with Crippen molar-refractivity contribution in [2.75, 3.05) is 30.7 Å². The van der Waals surface area contributed by atoms with E-state index in [-0.39, 0.29) is 12.0 Å². The van der Waals surface area contributed by atoms with Gasteiger partial charge in [0.15, 0.2) is 0 Å². The van der Waals surface area contributed by atoms with Crippen LogP contribution >= 0.6 is 0 Å². The van der Waals surface area contributed by atoms with Gasteiger partial charge in [0, 0.05) is 31.1 Å². The number of nitrogens with two attached hydrogens (primary N) is 1. The zero-order chi connectivity index (χ0) is 14.4. The summed E-state index contributed by atoms with van der Waals surface area (Å²) in [5.41, 5.74) is 7.84. The fourth-order valence-electron chi connectivity index (χ4n) is 2.35. The van der Waals surface area contributed by atoms with E-state index in [1.54, 1.807) is 18.2 Å². The molecule has 0 bridgehead atoms. The highest BCUT2D eigenvalue weighted by atomic mass is 16.5. The number of carbonyl (C=O) groups is 1. The van der Waals surface area contributed by atoms with Crippen LogP contribution in [0, 0.1) is 0 Å². The third-order valence-corrected chi connectivity index (χ3v) is 3.42. The first kappa shape index (κ1) is 14.7. The number of rotatable bonds is 5. The molecule has 5 nitrogen and oxygen atoms in total. The van der Waals surface area contributed by atoms with E-state index in [9.17, 15) is 4.79 Å². The summed E-state index contributed by atoms with van der Waals surface area (Å²) in [6, 6.07) is 5.30. The van der Waals surface area contributed by atoms with Crippen LogP contribution in [-0.2, 0) is 4.74 Å². The van der Waals surface area contributed by atoms with Gasteiger partial charge in [-0.3, -0.25) is 4.79 Å². The molecule has 1 heterocycles. The quantitative estimate of drug-likeness (QED) is 0.719. The van der Waals surface area contributed by atoms with Crippen LogP contribution in [0.25, 0.3) is 0 Å². The van der Waals surface area contributed by atoms with E-state index in [1.165, 1.54) is 6.42 Å². The van der Waals surface area contributed by atoms with Crippen molar-refractivity contribution >= 4 is 17.3 Å². The molecule has 0 saturated carbocycles. The van der Waals surface area contributed by atoms with Crippen LogP contribution in [0.4, 0.5) is 11.4 Å². The minimum absolute atomic E-state index is 0.0837. The average Bonchev–Trinajstić information content (AvgIpc) is 2.46. The first-order valence-electron chi connectivity index (χ1n) is 7.24. The van der Waals surface area contributed by atoms with E-state index in [4.69, 9.17) is 10.5 Å². The summed E-state index contributed by atoms with van der Waals surface area (Å²) in [4.78, 5) is 12.0. The number of hydrogen-bond donors (Lipinski definition) is 3. The Kier molecular flexibility index (Phi) is 5.24. The molecule has 0 aromatic heterocycles. The molecule has 0 radical (unpaired) electrons. The predicted molar refractivity (Wildman–Crippen MR) is 80.9 cm³/mol. The Morgan fingerprint density at radius 1 is 1.45 bits per heavy atom. The monoisotopic (exact) mass is 277 g/mol. The van der Waals surface area contributed by atoms with Gasteiger partial charge in [-0.1, -0.05) is 0 Å². The number of carbonyl (C=O) groups excluding carboxylic acids is 1. The molecule has 1 amide bonds. The van der Waals surface area contributed by atoms with E-state index in [1.807, 2.05) is 6.92 Å². The van der Waals surface area contributed by atoms with Gasteiger partial charge in [-0.25, -0.2) is 0 Å². The minimum atomic E-state index is -0.0837. The normalized spacial score (nSPS) is 18.6. The fourth-order valence-corrected chi connectivity index (χ4v) is 2.35. The van der Waals surface area contributed by atoms with Crippen LogP contribution in [0.5, 0.6) is 0 Å². The minimum Gasteiger partial charge on any atom is -0.399 e. The largest absolute Gasteiger partial charge is 0.399 e. The number of benzene rings is 1. The van der Waals surface area contributed by atoms with Crippen molar-refractivity contribution in [2.24, 2.45) is 0 Å². The van der Waals surface area contributed by atoms with E-state index in [2.05, 4.69) is 10.6 Å². The van der Waals surface area contributed by atoms with Gasteiger partial charge in [-0.05, 0) is 44.4 Å². The van der Waals surface area contributed by atoms with Crippen LogP contribution in [0.1, 0.15) is 36.5 Å². The summed E-state index contributed by atoms with van der Waals surface area (Å²) in [6.07, 6.45) is 3.62. The van der Waals surface area contributed by atoms with Crippen molar-refractivity contribution in [3.05, 3.63) is 23.8 Å². The van der Waals surface area contributed by atoms with Crippen molar-refractivity contribution in [2.45, 2.75) is 32.3 Å². The molecule has 1 aliphatic rings. The Morgan fingerprint density at radius 2 is 2.30 bits per heavy atom. The number of nitrogen functional groups attached to an aromatic ring is 1. The molecule has 4 N–H and O–H groups in total. The molecule has 1 aromatic rings. The van der Waals surface area contributed by atoms with Crippen molar-refractivity contribution in [1.82, 2.24) is 5.32 Å². The number of amides is 1. The van der Waals surface area contributed by atoms with E-state index in [0.717, 1.165) is 25.1 Å². The van der Waals surface area contributed by atoms with Gasteiger partial charge >= 0.3 is 0 Å². The number of ether oxygens (including phenoxy) is 1. The lowest BCUT2D eigenvalue weighted by Gasteiger charge is -2.24. The standard InChI is InChI=1S/C15H23N3O2/c1-2-17-15(19)13-7-6-11(16)9-14(13)18-10-12-5-3-4-8-20-12/h6-7,9,12,18H,2-5,8,10,16H2,1H3,(H,17,19). The van der Waals surface area contributed by atoms with Crippen molar-refractivity contribution < 1.29 is 9.53 Å². The summed E-state index contributed by atoms with van der Waals surface area (Å²) in [7, 11) is 0. The van der Waals surface area contributed by atoms with Crippen molar-refractivity contribution in [1.29, 1.82) is 0 Å². The van der Waals surface area contributed by atoms with Crippen LogP contribution < -0.4 is 16.4 Å². The Morgan fingerprint density at radius 3 is 3.00 bits per heavy atom. The molecule has 0 spiro atoms. The smallest absolute Gasteiger partial charge is 0.253 e. The highest BCUT2D eigenvalue weighted by molar-refractivity contribution is 6.00. The molecule has 1 aliphatic heterocycles. The summed E-state index contributed by atoms with van der Waals surface area (Å²) in [5.74, 6) is -0.0837. The lowest BCUT2D eigenvalue weighted by molar-refractivity contribution is 0.0247. The molecule has 110 valence electrons. The summed E-state index contributed by atoms with van der Waals surface area (Å²) >= 11 is 0. The summed E-state index contributed by atoms with van der Waals surface area (Å²) in [5, 5.41) is 6.11. The molecule has 1 aromatic carbocycles. The number of hydrogen-bond acceptors (Lipinski definition) is 4. The molecule has 1 atom stereocenters. The van der Waals surface area contributed by atoms with Crippen molar-refractivity contribution in [3.8, 4) is 0 Å². The lowest BCUT2D eigenvalue weighted by atomic mass is 10.1. The van der Waals surface area contributed by atoms with Gasteiger partial charge < -0.3 is 21.1 Å². The molecule has 0 aliphatic carbocycles.